The van der Waals surface area contributed by atoms with Gasteiger partial charge in [-0.2, -0.15) is 0 Å². The standard InChI is InChI=1S/C31H38N2O2/c1-22(2)20-32-31(35)29(18-26-9-7-6-8-10-26)33(21-27-15-12-23(3)13-16-27)30(34)19-28-17-24(4)11-14-25(28)5/h6-17,22,29H,18-21H2,1-5H3,(H,32,35)/t29-/m0/s1. The molecule has 0 aromatic heterocycles. The van der Waals surface area contributed by atoms with Crippen LogP contribution < -0.4 is 5.32 Å². The zero-order valence-corrected chi connectivity index (χ0v) is 21.7. The van der Waals surface area contributed by atoms with Gasteiger partial charge in [0.25, 0.3) is 0 Å². The first-order valence-corrected chi connectivity index (χ1v) is 12.5. The Labute approximate surface area is 210 Å². The van der Waals surface area contributed by atoms with Gasteiger partial charge in [0.1, 0.15) is 6.04 Å². The van der Waals surface area contributed by atoms with Gasteiger partial charge in [-0.3, -0.25) is 9.59 Å². The van der Waals surface area contributed by atoms with E-state index in [1.165, 1.54) is 0 Å². The van der Waals surface area contributed by atoms with Crippen LogP contribution in [0.25, 0.3) is 0 Å². The normalized spacial score (nSPS) is 11.8. The molecule has 0 aliphatic carbocycles. The lowest BCUT2D eigenvalue weighted by molar-refractivity contribution is -0.140. The molecule has 1 atom stereocenters. The molecule has 4 nitrogen and oxygen atoms in total. The van der Waals surface area contributed by atoms with Gasteiger partial charge >= 0.3 is 0 Å². The number of aryl methyl sites for hydroxylation is 3. The van der Waals surface area contributed by atoms with Crippen molar-refractivity contribution in [1.29, 1.82) is 0 Å². The van der Waals surface area contributed by atoms with E-state index in [1.54, 1.807) is 4.90 Å². The molecule has 0 fully saturated rings. The van der Waals surface area contributed by atoms with Gasteiger partial charge in [0.05, 0.1) is 6.42 Å². The number of carbonyl (C=O) groups excluding carboxylic acids is 2. The minimum absolute atomic E-state index is 0.0418. The fraction of sp³-hybridized carbons (Fsp3) is 0.355. The molecule has 0 heterocycles. The van der Waals surface area contributed by atoms with E-state index in [0.29, 0.717) is 25.4 Å². The van der Waals surface area contributed by atoms with Crippen LogP contribution in [-0.2, 0) is 29.0 Å². The van der Waals surface area contributed by atoms with E-state index in [9.17, 15) is 9.59 Å². The highest BCUT2D eigenvalue weighted by Crippen LogP contribution is 2.19. The van der Waals surface area contributed by atoms with E-state index >= 15 is 0 Å². The summed E-state index contributed by atoms with van der Waals surface area (Å²) in [4.78, 5) is 29.2. The Kier molecular flexibility index (Phi) is 9.25. The average Bonchev–Trinajstić information content (AvgIpc) is 2.83. The summed E-state index contributed by atoms with van der Waals surface area (Å²) >= 11 is 0. The molecular weight excluding hydrogens is 432 g/mol. The van der Waals surface area contributed by atoms with Crippen molar-refractivity contribution < 1.29 is 9.59 Å². The molecule has 0 saturated carbocycles. The first-order valence-electron chi connectivity index (χ1n) is 12.5. The van der Waals surface area contributed by atoms with Crippen LogP contribution in [0.4, 0.5) is 0 Å². The summed E-state index contributed by atoms with van der Waals surface area (Å²) in [6.07, 6.45) is 0.733. The summed E-state index contributed by atoms with van der Waals surface area (Å²) < 4.78 is 0. The Morgan fingerprint density at radius 1 is 0.829 bits per heavy atom. The number of nitrogens with zero attached hydrogens (tertiary/aromatic N) is 1. The van der Waals surface area contributed by atoms with Crippen LogP contribution in [-0.4, -0.2) is 29.3 Å². The summed E-state index contributed by atoms with van der Waals surface area (Å²) in [5.74, 6) is 0.177. The topological polar surface area (TPSA) is 49.4 Å². The van der Waals surface area contributed by atoms with Crippen LogP contribution in [0.15, 0.2) is 72.8 Å². The molecule has 184 valence electrons. The number of hydrogen-bond donors (Lipinski definition) is 1. The zero-order chi connectivity index (χ0) is 25.4. The van der Waals surface area contributed by atoms with Crippen molar-refractivity contribution in [3.63, 3.8) is 0 Å². The molecule has 4 heteroatoms. The van der Waals surface area contributed by atoms with Crippen molar-refractivity contribution in [2.45, 2.75) is 60.0 Å². The molecule has 3 aromatic carbocycles. The third-order valence-electron chi connectivity index (χ3n) is 6.28. The van der Waals surface area contributed by atoms with E-state index < -0.39 is 6.04 Å². The van der Waals surface area contributed by atoms with Gasteiger partial charge in [-0.1, -0.05) is 97.8 Å². The fourth-order valence-corrected chi connectivity index (χ4v) is 4.12. The number of rotatable bonds is 10. The van der Waals surface area contributed by atoms with Crippen molar-refractivity contribution >= 4 is 11.8 Å². The summed E-state index contributed by atoms with van der Waals surface area (Å²) in [5, 5.41) is 3.08. The second kappa shape index (κ2) is 12.3. The van der Waals surface area contributed by atoms with Crippen LogP contribution in [0.1, 0.15) is 47.2 Å². The fourth-order valence-electron chi connectivity index (χ4n) is 4.12. The van der Waals surface area contributed by atoms with Gasteiger partial charge in [0, 0.05) is 19.5 Å². The van der Waals surface area contributed by atoms with Gasteiger partial charge in [-0.15, -0.1) is 0 Å². The molecule has 0 bridgehead atoms. The summed E-state index contributed by atoms with van der Waals surface area (Å²) in [6, 6.07) is 23.7. The Morgan fingerprint density at radius 2 is 1.49 bits per heavy atom. The molecule has 0 aliphatic heterocycles. The number of benzene rings is 3. The molecule has 2 amide bonds. The van der Waals surface area contributed by atoms with Crippen molar-refractivity contribution in [1.82, 2.24) is 10.2 Å². The maximum absolute atomic E-state index is 13.9. The molecule has 1 N–H and O–H groups in total. The molecule has 0 spiro atoms. The second-order valence-electron chi connectivity index (χ2n) is 9.96. The molecule has 3 aromatic rings. The summed E-state index contributed by atoms with van der Waals surface area (Å²) in [5.41, 5.74) is 6.43. The Morgan fingerprint density at radius 3 is 2.14 bits per heavy atom. The lowest BCUT2D eigenvalue weighted by Gasteiger charge is -2.32. The molecule has 0 saturated heterocycles. The number of amides is 2. The maximum atomic E-state index is 13.9. The van der Waals surface area contributed by atoms with Gasteiger partial charge in [0.2, 0.25) is 11.8 Å². The third kappa shape index (κ3) is 7.81. The summed E-state index contributed by atoms with van der Waals surface area (Å²) in [6.45, 7) is 11.2. The molecule has 35 heavy (non-hydrogen) atoms. The predicted molar refractivity (Wildman–Crippen MR) is 143 cm³/mol. The van der Waals surface area contributed by atoms with Gasteiger partial charge in [-0.25, -0.2) is 0 Å². The highest BCUT2D eigenvalue weighted by atomic mass is 16.2. The Hall–Kier alpha value is -3.40. The number of hydrogen-bond acceptors (Lipinski definition) is 2. The predicted octanol–water partition coefficient (Wildman–Crippen LogP) is 5.57. The Balaban J connectivity index is 1.97. The number of nitrogens with one attached hydrogen (secondary N) is 1. The minimum Gasteiger partial charge on any atom is -0.354 e. The van der Waals surface area contributed by atoms with Crippen LogP contribution >= 0.6 is 0 Å². The lowest BCUT2D eigenvalue weighted by atomic mass is 9.99. The van der Waals surface area contributed by atoms with Crippen molar-refractivity contribution in [2.24, 2.45) is 5.92 Å². The maximum Gasteiger partial charge on any atom is 0.243 e. The highest BCUT2D eigenvalue weighted by Gasteiger charge is 2.30. The highest BCUT2D eigenvalue weighted by molar-refractivity contribution is 5.89. The Bertz CT molecular complexity index is 1120. The monoisotopic (exact) mass is 470 g/mol. The van der Waals surface area contributed by atoms with Crippen LogP contribution in [0.3, 0.4) is 0 Å². The van der Waals surface area contributed by atoms with E-state index in [2.05, 4.69) is 37.4 Å². The van der Waals surface area contributed by atoms with E-state index in [1.807, 2.05) is 75.4 Å². The molecule has 3 rings (SSSR count). The molecular formula is C31H38N2O2. The van der Waals surface area contributed by atoms with Gasteiger partial charge in [0.15, 0.2) is 0 Å². The average molecular weight is 471 g/mol. The van der Waals surface area contributed by atoms with E-state index in [0.717, 1.165) is 33.4 Å². The molecule has 0 radical (unpaired) electrons. The largest absolute Gasteiger partial charge is 0.354 e. The molecule has 0 aliphatic rings. The van der Waals surface area contributed by atoms with E-state index in [-0.39, 0.29) is 18.2 Å². The SMILES string of the molecule is Cc1ccc(CN(C(=O)Cc2cc(C)ccc2C)[C@@H](Cc2ccccc2)C(=O)NCC(C)C)cc1. The molecule has 0 unspecified atom stereocenters. The van der Waals surface area contributed by atoms with Crippen LogP contribution in [0.2, 0.25) is 0 Å². The zero-order valence-electron chi connectivity index (χ0n) is 21.7. The third-order valence-corrected chi connectivity index (χ3v) is 6.28. The minimum atomic E-state index is -0.602. The van der Waals surface area contributed by atoms with Crippen LogP contribution in [0.5, 0.6) is 0 Å². The van der Waals surface area contributed by atoms with Crippen molar-refractivity contribution in [3.05, 3.63) is 106 Å². The van der Waals surface area contributed by atoms with Gasteiger partial charge < -0.3 is 10.2 Å². The number of carbonyl (C=O) groups is 2. The smallest absolute Gasteiger partial charge is 0.243 e. The first kappa shape index (κ1) is 26.2. The summed E-state index contributed by atoms with van der Waals surface area (Å²) in [7, 11) is 0. The van der Waals surface area contributed by atoms with Gasteiger partial charge in [-0.05, 0) is 48.9 Å². The van der Waals surface area contributed by atoms with Crippen LogP contribution in [0, 0.1) is 26.7 Å². The lowest BCUT2D eigenvalue weighted by Crippen LogP contribution is -2.51. The first-order chi connectivity index (χ1) is 16.7. The van der Waals surface area contributed by atoms with Crippen molar-refractivity contribution in [2.75, 3.05) is 6.54 Å². The second-order valence-corrected chi connectivity index (χ2v) is 9.96. The van der Waals surface area contributed by atoms with E-state index in [4.69, 9.17) is 0 Å². The van der Waals surface area contributed by atoms with Crippen molar-refractivity contribution in [3.8, 4) is 0 Å². The quantitative estimate of drug-likeness (QED) is 0.421.